The van der Waals surface area contributed by atoms with Gasteiger partial charge in [0.25, 0.3) is 0 Å². The van der Waals surface area contributed by atoms with Crippen LogP contribution < -0.4 is 5.32 Å². The summed E-state index contributed by atoms with van der Waals surface area (Å²) >= 11 is 3.25. The number of hydrogen-bond donors (Lipinski definition) is 2. The molecule has 0 atom stereocenters. The molecule has 6 nitrogen and oxygen atoms in total. The second-order valence-corrected chi connectivity index (χ2v) is 10.5. The van der Waals surface area contributed by atoms with E-state index in [9.17, 15) is 4.39 Å². The first-order valence-electron chi connectivity index (χ1n) is 9.71. The first-order chi connectivity index (χ1) is 14.4. The van der Waals surface area contributed by atoms with Crippen LogP contribution in [0.1, 0.15) is 44.0 Å². The van der Waals surface area contributed by atoms with Gasteiger partial charge in [-0.1, -0.05) is 31.5 Å². The third-order valence-electron chi connectivity index (χ3n) is 5.23. The molecular weight excluding hydrogens is 516 g/mol. The second-order valence-electron chi connectivity index (χ2n) is 7.69. The van der Waals surface area contributed by atoms with Crippen molar-refractivity contribution in [2.24, 2.45) is 0 Å². The number of rotatable bonds is 6. The van der Waals surface area contributed by atoms with Gasteiger partial charge in [0.15, 0.2) is 5.82 Å². The number of halogens is 2. The largest absolute Gasteiger partial charge is 0.336 e. The standard InChI is InChI=1S/C21H23FIN5OS/c1-4-7-14-10-17(27-28(14)12-13-8-5-6-9-16(13)22)19-24-11-15-18(25-19)26-20(23-29-30)21(15,2)3/h5-6,8-11,30H,4,7,12H2,1-3H3,(H,24,25,26). The number of aromatic nitrogens is 4. The average molecular weight is 539 g/mol. The van der Waals surface area contributed by atoms with Gasteiger partial charge >= 0.3 is 0 Å². The summed E-state index contributed by atoms with van der Waals surface area (Å²) in [5.41, 5.74) is 3.16. The summed E-state index contributed by atoms with van der Waals surface area (Å²) in [4.78, 5) is 9.32. The molecule has 158 valence electrons. The Bertz CT molecular complexity index is 1110. The summed E-state index contributed by atoms with van der Waals surface area (Å²) in [6.45, 7) is 6.74. The van der Waals surface area contributed by atoms with Crippen LogP contribution in [0.15, 0.2) is 36.5 Å². The molecule has 0 bridgehead atoms. The molecule has 0 fully saturated rings. The highest BCUT2D eigenvalue weighted by atomic mass is 127. The number of nitrogens with one attached hydrogen (secondary N) is 1. The van der Waals surface area contributed by atoms with Crippen molar-refractivity contribution in [2.75, 3.05) is 5.32 Å². The Balaban J connectivity index is 1.70. The molecule has 1 N–H and O–H groups in total. The number of thiol groups is 1. The zero-order chi connectivity index (χ0) is 21.3. The van der Waals surface area contributed by atoms with Gasteiger partial charge in [0.2, 0.25) is 0 Å². The van der Waals surface area contributed by atoms with Gasteiger partial charge in [0, 0.05) is 28.4 Å². The molecule has 0 saturated carbocycles. The summed E-state index contributed by atoms with van der Waals surface area (Å²) in [6.07, 6.45) is 3.67. The Morgan fingerprint density at radius 1 is 1.30 bits per heavy atom. The first kappa shape index (κ1) is 21.4. The van der Waals surface area contributed by atoms with E-state index in [2.05, 4.69) is 44.0 Å². The van der Waals surface area contributed by atoms with Gasteiger partial charge in [-0.3, -0.25) is 7.19 Å². The van der Waals surface area contributed by atoms with E-state index in [0.717, 1.165) is 33.5 Å². The molecule has 0 spiro atoms. The highest BCUT2D eigenvalue weighted by molar-refractivity contribution is 14.2. The predicted molar refractivity (Wildman–Crippen MR) is 128 cm³/mol. The van der Waals surface area contributed by atoms with Crippen molar-refractivity contribution >= 4 is 43.5 Å². The zero-order valence-electron chi connectivity index (χ0n) is 17.0. The van der Waals surface area contributed by atoms with Gasteiger partial charge in [0.05, 0.1) is 31.3 Å². The molecule has 0 radical (unpaired) electrons. The van der Waals surface area contributed by atoms with E-state index in [1.165, 1.54) is 6.07 Å². The van der Waals surface area contributed by atoms with Crippen LogP contribution in [0.5, 0.6) is 0 Å². The van der Waals surface area contributed by atoms with E-state index in [1.54, 1.807) is 12.1 Å². The molecule has 0 amide bonds. The van der Waals surface area contributed by atoms with Crippen LogP contribution in [0.3, 0.4) is 0 Å². The van der Waals surface area contributed by atoms with Crippen LogP contribution in [0.2, 0.25) is 0 Å². The Kier molecular flexibility index (Phi) is 6.21. The lowest BCUT2D eigenvalue weighted by atomic mass is 9.89. The minimum absolute atomic E-state index is 0.207. The minimum atomic E-state index is -0.670. The van der Waals surface area contributed by atoms with Crippen molar-refractivity contribution in [1.29, 1.82) is 0 Å². The molecule has 0 saturated heterocycles. The number of aryl methyl sites for hydroxylation is 1. The molecule has 1 aliphatic heterocycles. The highest BCUT2D eigenvalue weighted by Crippen LogP contribution is 2.39. The van der Waals surface area contributed by atoms with Crippen molar-refractivity contribution in [3.05, 3.63) is 59.2 Å². The summed E-state index contributed by atoms with van der Waals surface area (Å²) in [6, 6.07) is 8.79. The molecule has 3 heterocycles. The van der Waals surface area contributed by atoms with Gasteiger partial charge in [-0.05, 0) is 45.3 Å². The second kappa shape index (κ2) is 8.72. The molecule has 30 heavy (non-hydrogen) atoms. The van der Waals surface area contributed by atoms with E-state index in [1.807, 2.05) is 23.0 Å². The van der Waals surface area contributed by atoms with Crippen molar-refractivity contribution in [2.45, 2.75) is 45.6 Å². The maximum absolute atomic E-state index is 14.2. The molecule has 1 aromatic carbocycles. The average Bonchev–Trinajstić information content (AvgIpc) is 3.22. The van der Waals surface area contributed by atoms with Crippen molar-refractivity contribution in [3.63, 3.8) is 0 Å². The van der Waals surface area contributed by atoms with Crippen molar-refractivity contribution < 1.29 is 6.90 Å². The first-order valence-corrected chi connectivity index (χ1v) is 12.0. The fraction of sp³-hybridized carbons (Fsp3) is 0.333. The third-order valence-corrected chi connectivity index (χ3v) is 7.95. The van der Waals surface area contributed by atoms with E-state index < -0.39 is 21.1 Å². The van der Waals surface area contributed by atoms with Crippen LogP contribution in [0, 0.1) is 5.82 Å². The molecular formula is C21H23FIN5OS. The van der Waals surface area contributed by atoms with E-state index >= 15 is 0 Å². The van der Waals surface area contributed by atoms with E-state index in [0.29, 0.717) is 23.6 Å². The zero-order valence-corrected chi connectivity index (χ0v) is 20.0. The number of fused-ring (bicyclic) bond motifs is 1. The van der Waals surface area contributed by atoms with Gasteiger partial charge in [-0.2, -0.15) is 5.10 Å². The lowest BCUT2D eigenvalue weighted by Gasteiger charge is -2.17. The van der Waals surface area contributed by atoms with Gasteiger partial charge < -0.3 is 5.32 Å². The molecule has 1 aliphatic rings. The highest BCUT2D eigenvalue weighted by Gasteiger charge is 2.37. The minimum Gasteiger partial charge on any atom is -0.336 e. The normalized spacial score (nSPS) is 16.2. The van der Waals surface area contributed by atoms with Crippen LogP contribution >= 0.6 is 34.1 Å². The molecule has 4 rings (SSSR count). The Labute approximate surface area is 191 Å². The monoisotopic (exact) mass is 539 g/mol. The number of anilines is 1. The van der Waals surface area contributed by atoms with Crippen LogP contribution in [0.25, 0.3) is 11.5 Å². The fourth-order valence-corrected chi connectivity index (χ4v) is 5.40. The predicted octanol–water partition coefficient (Wildman–Crippen LogP) is 5.06. The maximum atomic E-state index is 14.2. The fourth-order valence-electron chi connectivity index (χ4n) is 3.53. The van der Waals surface area contributed by atoms with E-state index in [4.69, 9.17) is 12.6 Å². The molecule has 9 heteroatoms. The molecule has 2 aromatic heterocycles. The van der Waals surface area contributed by atoms with Crippen LogP contribution in [-0.2, 0) is 20.9 Å². The summed E-state index contributed by atoms with van der Waals surface area (Å²) < 4.78 is 22.2. The third kappa shape index (κ3) is 4.02. The molecule has 3 aromatic rings. The summed E-state index contributed by atoms with van der Waals surface area (Å²) in [5.74, 6) is 1.11. The summed E-state index contributed by atoms with van der Waals surface area (Å²) in [5, 5.41) is 8.10. The topological polar surface area (TPSA) is 64.9 Å². The lowest BCUT2D eigenvalue weighted by Crippen LogP contribution is -2.25. The molecule has 0 aliphatic carbocycles. The molecule has 0 unspecified atom stereocenters. The van der Waals surface area contributed by atoms with Gasteiger partial charge in [0.1, 0.15) is 17.3 Å². The van der Waals surface area contributed by atoms with Gasteiger partial charge in [-0.25, -0.2) is 14.4 Å². The Morgan fingerprint density at radius 2 is 2.10 bits per heavy atom. The quantitative estimate of drug-likeness (QED) is 0.261. The van der Waals surface area contributed by atoms with Crippen LogP contribution in [0.4, 0.5) is 10.2 Å². The maximum Gasteiger partial charge on any atom is 0.182 e. The Hall–Kier alpha value is -1.85. The summed E-state index contributed by atoms with van der Waals surface area (Å²) in [7, 11) is 0. The lowest BCUT2D eigenvalue weighted by molar-refractivity contribution is 0.574. The van der Waals surface area contributed by atoms with Gasteiger partial charge in [-0.15, -0.1) is 0 Å². The number of benzene rings is 1. The van der Waals surface area contributed by atoms with Crippen molar-refractivity contribution in [1.82, 2.24) is 19.7 Å². The SMILES string of the molecule is CCCc1cc(-c2ncc3c(n2)NC(=IOS)C3(C)C)nn1Cc1ccccc1F. The Morgan fingerprint density at radius 3 is 2.83 bits per heavy atom. The number of nitrogens with zero attached hydrogens (tertiary/aromatic N) is 4. The van der Waals surface area contributed by atoms with Crippen LogP contribution in [-0.4, -0.2) is 23.4 Å². The number of hydrogen-bond acceptors (Lipinski definition) is 6. The smallest absolute Gasteiger partial charge is 0.182 e. The van der Waals surface area contributed by atoms with E-state index in [-0.39, 0.29) is 11.2 Å². The van der Waals surface area contributed by atoms with Crippen molar-refractivity contribution in [3.8, 4) is 11.5 Å².